The fraction of sp³-hybridized carbons (Fsp3) is 0.365. The van der Waals surface area contributed by atoms with Gasteiger partial charge in [0, 0.05) is 42.6 Å². The number of nitrogens with two attached hydrogens (primary N) is 1. The third-order valence-electron chi connectivity index (χ3n) is 11.8. The molecular formula is C52H63N9O10. The van der Waals surface area contributed by atoms with Gasteiger partial charge in [-0.3, -0.25) is 34.6 Å². The lowest BCUT2D eigenvalue weighted by Gasteiger charge is -2.26. The van der Waals surface area contributed by atoms with Gasteiger partial charge in [-0.05, 0) is 137 Å². The molecule has 0 radical (unpaired) electrons. The predicted molar refractivity (Wildman–Crippen MR) is 272 cm³/mol. The first kappa shape index (κ1) is 55.7. The van der Waals surface area contributed by atoms with Crippen molar-refractivity contribution in [2.45, 2.75) is 80.1 Å². The van der Waals surface area contributed by atoms with E-state index in [4.69, 9.17) is 20.1 Å². The van der Waals surface area contributed by atoms with Gasteiger partial charge in [-0.1, -0.05) is 40.5 Å². The number of nitrogens with zero attached hydrogens (tertiary/aromatic N) is 8. The van der Waals surface area contributed by atoms with Gasteiger partial charge in [0.15, 0.2) is 0 Å². The summed E-state index contributed by atoms with van der Waals surface area (Å²) < 4.78 is 16.6. The molecule has 2 atom stereocenters. The molecule has 0 aliphatic heterocycles. The molecule has 0 spiro atoms. The van der Waals surface area contributed by atoms with E-state index >= 15 is 0 Å². The molecule has 0 aliphatic rings. The van der Waals surface area contributed by atoms with Crippen molar-refractivity contribution in [1.29, 1.82) is 0 Å². The Bertz CT molecular complexity index is 2580. The number of rotatable bonds is 24. The van der Waals surface area contributed by atoms with Crippen molar-refractivity contribution in [3.63, 3.8) is 0 Å². The Balaban J connectivity index is 0.000000319. The van der Waals surface area contributed by atoms with E-state index in [-0.39, 0.29) is 36.5 Å². The van der Waals surface area contributed by atoms with Crippen LogP contribution < -0.4 is 20.5 Å². The Morgan fingerprint density at radius 2 is 0.944 bits per heavy atom. The van der Waals surface area contributed by atoms with E-state index in [1.165, 1.54) is 36.4 Å². The molecule has 5 aromatic rings. The van der Waals surface area contributed by atoms with Crippen molar-refractivity contribution in [1.82, 2.24) is 0 Å². The molecule has 19 nitrogen and oxygen atoms in total. The van der Waals surface area contributed by atoms with Crippen molar-refractivity contribution in [3.8, 4) is 5.75 Å². The minimum atomic E-state index is -0.486. The number of hydrogen-bond acceptors (Lipinski definition) is 16. The van der Waals surface area contributed by atoms with Crippen molar-refractivity contribution in [3.05, 3.63) is 147 Å². The quantitative estimate of drug-likeness (QED) is 0.0115. The minimum Gasteiger partial charge on any atom is -0.490 e. The molecule has 5 aromatic carbocycles. The number of anilines is 2. The number of ether oxygens (including phenoxy) is 3. The highest BCUT2D eigenvalue weighted by atomic mass is 16.6. The summed E-state index contributed by atoms with van der Waals surface area (Å²) in [4.78, 5) is 60.1. The van der Waals surface area contributed by atoms with Crippen molar-refractivity contribution < 1.29 is 38.4 Å². The zero-order valence-electron chi connectivity index (χ0n) is 41.4. The Morgan fingerprint density at radius 3 is 1.32 bits per heavy atom. The average molecular weight is 974 g/mol. The summed E-state index contributed by atoms with van der Waals surface area (Å²) in [6.45, 7) is 13.2. The number of amides is 1. The largest absolute Gasteiger partial charge is 0.490 e. The van der Waals surface area contributed by atoms with Crippen LogP contribution in [0.15, 0.2) is 142 Å². The molecule has 19 heteroatoms. The molecule has 71 heavy (non-hydrogen) atoms. The second kappa shape index (κ2) is 27.3. The highest BCUT2D eigenvalue weighted by Gasteiger charge is 2.33. The molecule has 2 N–H and O–H groups in total. The predicted octanol–water partition coefficient (Wildman–Crippen LogP) is 12.9. The van der Waals surface area contributed by atoms with Gasteiger partial charge >= 0.3 is 11.9 Å². The third-order valence-corrected chi connectivity index (χ3v) is 11.8. The molecule has 0 saturated heterocycles. The van der Waals surface area contributed by atoms with Crippen LogP contribution in [0.1, 0.15) is 90.4 Å². The molecular weight excluding hydrogens is 911 g/mol. The number of esters is 2. The van der Waals surface area contributed by atoms with Crippen LogP contribution in [0.2, 0.25) is 0 Å². The van der Waals surface area contributed by atoms with Gasteiger partial charge in [0.1, 0.15) is 25.6 Å². The van der Waals surface area contributed by atoms with E-state index in [0.717, 1.165) is 42.8 Å². The Morgan fingerprint density at radius 1 is 0.563 bits per heavy atom. The van der Waals surface area contributed by atoms with Gasteiger partial charge in [-0.25, -0.2) is 10.9 Å². The number of hydrogen-bond donors (Lipinski definition) is 1. The maximum atomic E-state index is 12.9. The maximum Gasteiger partial charge on any atom is 0.311 e. The normalized spacial score (nSPS) is 12.7. The number of likely N-dealkylation sites (N-methyl/N-ethyl adjacent to an activating group) is 1. The van der Waals surface area contributed by atoms with Gasteiger partial charge in [0.25, 0.3) is 17.3 Å². The summed E-state index contributed by atoms with van der Waals surface area (Å²) in [6, 6.07) is 32.1. The van der Waals surface area contributed by atoms with Gasteiger partial charge in [-0.15, -0.1) is 0 Å². The number of nitro groups is 2. The fourth-order valence-electron chi connectivity index (χ4n) is 6.91. The molecule has 5 rings (SSSR count). The number of hydrazine groups is 1. The lowest BCUT2D eigenvalue weighted by atomic mass is 9.83. The highest BCUT2D eigenvalue weighted by molar-refractivity contribution is 6.05. The number of benzene rings is 5. The lowest BCUT2D eigenvalue weighted by Crippen LogP contribution is -2.37. The van der Waals surface area contributed by atoms with E-state index in [0.29, 0.717) is 59.3 Å². The van der Waals surface area contributed by atoms with Gasteiger partial charge < -0.3 is 19.1 Å². The summed E-state index contributed by atoms with van der Waals surface area (Å²) in [7, 11) is 1.94. The number of non-ortho nitro benzene ring substituents is 2. The van der Waals surface area contributed by atoms with E-state index in [2.05, 4.69) is 27.4 Å². The third kappa shape index (κ3) is 16.9. The standard InChI is InChI=1S/C29H33N5O6.C23H30N4O4/c1-4-18-29(3,5-2)28(36)40-20-19-39-26-16-6-21(7-17-26)27(35)33(30)24-12-8-22(9-13-24)31-32-23-10-14-25(15-11-23)34(37)38;1-5-15-23(3,6-2)22(28)31-17-16-26(4)20-11-7-18(8-12-20)24-25-19-9-13-21(14-10-19)27(29)30/h6-17H,4-5,18-20,30H2,1-3H3;7-14H,5-6,15-17H2,1-4H3. The monoisotopic (exact) mass is 973 g/mol. The van der Waals surface area contributed by atoms with Crippen LogP contribution in [0, 0.1) is 31.1 Å². The molecule has 0 aromatic heterocycles. The molecule has 0 bridgehead atoms. The summed E-state index contributed by atoms with van der Waals surface area (Å²) >= 11 is 0. The minimum absolute atomic E-state index is 0.0155. The van der Waals surface area contributed by atoms with Crippen LogP contribution >= 0.6 is 0 Å². The SMILES string of the molecule is CCCC(C)(CC)C(=O)OCCN(C)c1ccc(N=Nc2ccc([N+](=O)[O-])cc2)cc1.CCCC(C)(CC)C(=O)OCCOc1ccc(C(=O)N(N)c2ccc(N=Nc3ccc([N+](=O)[O-])cc3)cc2)cc1. The lowest BCUT2D eigenvalue weighted by molar-refractivity contribution is -0.385. The molecule has 2 unspecified atom stereocenters. The van der Waals surface area contributed by atoms with Crippen LogP contribution in [0.4, 0.5) is 45.5 Å². The Kier molecular flexibility index (Phi) is 21.4. The van der Waals surface area contributed by atoms with E-state index < -0.39 is 26.6 Å². The molecule has 1 amide bonds. The van der Waals surface area contributed by atoms with Crippen molar-refractivity contribution in [2.24, 2.45) is 37.1 Å². The first-order valence-electron chi connectivity index (χ1n) is 23.4. The summed E-state index contributed by atoms with van der Waals surface area (Å²) in [5, 5.41) is 38.9. The second-order valence-electron chi connectivity index (χ2n) is 17.0. The van der Waals surface area contributed by atoms with Crippen LogP contribution in [-0.4, -0.2) is 61.1 Å². The number of azo groups is 2. The number of carbonyl (C=O) groups excluding carboxylic acids is 3. The molecule has 0 saturated carbocycles. The van der Waals surface area contributed by atoms with E-state index in [1.54, 1.807) is 60.7 Å². The van der Waals surface area contributed by atoms with Gasteiger partial charge in [0.2, 0.25) is 0 Å². The van der Waals surface area contributed by atoms with Gasteiger partial charge in [-0.2, -0.15) is 20.5 Å². The van der Waals surface area contributed by atoms with Crippen molar-refractivity contribution in [2.75, 3.05) is 43.3 Å². The number of nitro benzene ring substituents is 2. The van der Waals surface area contributed by atoms with Crippen LogP contribution in [0.25, 0.3) is 0 Å². The summed E-state index contributed by atoms with van der Waals surface area (Å²) in [5.74, 6) is 5.81. The average Bonchev–Trinajstić information content (AvgIpc) is 3.39. The molecule has 376 valence electrons. The number of carbonyl (C=O) groups is 3. The summed E-state index contributed by atoms with van der Waals surface area (Å²) in [6.07, 6.45) is 4.95. The fourth-order valence-corrected chi connectivity index (χ4v) is 6.91. The summed E-state index contributed by atoms with van der Waals surface area (Å²) in [5.41, 5.74) is 3.05. The molecule has 0 fully saturated rings. The van der Waals surface area contributed by atoms with Crippen molar-refractivity contribution >= 4 is 63.3 Å². The molecule has 0 aliphatic carbocycles. The first-order chi connectivity index (χ1) is 33.9. The van der Waals surface area contributed by atoms with Crippen LogP contribution in [0.5, 0.6) is 5.75 Å². The highest BCUT2D eigenvalue weighted by Crippen LogP contribution is 2.31. The van der Waals surface area contributed by atoms with E-state index in [1.807, 2.05) is 70.8 Å². The smallest absolute Gasteiger partial charge is 0.311 e. The zero-order valence-corrected chi connectivity index (χ0v) is 41.4. The maximum absolute atomic E-state index is 12.9. The zero-order chi connectivity index (χ0) is 52.0. The Labute approximate surface area is 414 Å². The van der Waals surface area contributed by atoms with Crippen LogP contribution in [0.3, 0.4) is 0 Å². The molecule has 0 heterocycles. The van der Waals surface area contributed by atoms with E-state index in [9.17, 15) is 34.6 Å². The topological polar surface area (TPSA) is 247 Å². The Hall–Kier alpha value is -7.93. The first-order valence-corrected chi connectivity index (χ1v) is 23.4. The second-order valence-corrected chi connectivity index (χ2v) is 17.0. The van der Waals surface area contributed by atoms with Crippen LogP contribution in [-0.2, 0) is 19.1 Å². The van der Waals surface area contributed by atoms with Gasteiger partial charge in [0.05, 0.1) is 55.7 Å².